The maximum absolute atomic E-state index is 9.66. The number of benzene rings is 1. The van der Waals surface area contributed by atoms with Crippen molar-refractivity contribution < 1.29 is 9.68 Å². The van der Waals surface area contributed by atoms with Crippen LogP contribution >= 0.6 is 11.3 Å². The van der Waals surface area contributed by atoms with E-state index >= 15 is 0 Å². The normalized spacial score (nSPS) is 13.9. The van der Waals surface area contributed by atoms with Crippen molar-refractivity contribution in [3.63, 3.8) is 0 Å². The molecule has 0 spiro atoms. The zero-order valence-corrected chi connectivity index (χ0v) is 14.1. The number of rotatable bonds is 3. The van der Waals surface area contributed by atoms with Crippen LogP contribution in [0.25, 0.3) is 10.2 Å². The number of aryl methyl sites for hydroxylation is 1. The van der Waals surface area contributed by atoms with Gasteiger partial charge in [0, 0.05) is 7.05 Å². The second kappa shape index (κ2) is 5.97. The van der Waals surface area contributed by atoms with Gasteiger partial charge >= 0.3 is 7.12 Å². The Kier molecular flexibility index (Phi) is 3.80. The summed E-state index contributed by atoms with van der Waals surface area (Å²) < 4.78 is 6.24. The van der Waals surface area contributed by atoms with Gasteiger partial charge in [0.05, 0.1) is 23.0 Å². The van der Waals surface area contributed by atoms with Crippen LogP contribution < -0.4 is 10.5 Å². The molecular weight excluding hydrogens is 323 g/mol. The second-order valence-electron chi connectivity index (χ2n) is 5.68. The average Bonchev–Trinajstić information content (AvgIpc) is 3.16. The monoisotopic (exact) mass is 338 g/mol. The summed E-state index contributed by atoms with van der Waals surface area (Å²) in [5, 5.41) is 18.0. The molecule has 24 heavy (non-hydrogen) atoms. The number of anilines is 1. The SMILES string of the molecule is Cc1csc2c(N(C)/N=C/c3ccc4c(c3)COB4O)ncnc12. The molecule has 0 bridgehead atoms. The third-order valence-electron chi connectivity index (χ3n) is 4.03. The molecule has 0 radical (unpaired) electrons. The topological polar surface area (TPSA) is 70.8 Å². The van der Waals surface area contributed by atoms with E-state index in [1.54, 1.807) is 28.9 Å². The number of hydrazone groups is 1. The van der Waals surface area contributed by atoms with Gasteiger partial charge in [-0.1, -0.05) is 12.1 Å². The molecule has 0 fully saturated rings. The van der Waals surface area contributed by atoms with Gasteiger partial charge in [-0.15, -0.1) is 11.3 Å². The molecule has 1 aliphatic heterocycles. The maximum atomic E-state index is 9.66. The van der Waals surface area contributed by atoms with E-state index in [1.165, 1.54) is 0 Å². The minimum Gasteiger partial charge on any atom is -0.423 e. The molecule has 1 aliphatic rings. The summed E-state index contributed by atoms with van der Waals surface area (Å²) in [6.07, 6.45) is 3.34. The van der Waals surface area contributed by atoms with Crippen molar-refractivity contribution in [2.45, 2.75) is 13.5 Å². The van der Waals surface area contributed by atoms with Gasteiger partial charge in [0.25, 0.3) is 0 Å². The highest BCUT2D eigenvalue weighted by atomic mass is 32.1. The van der Waals surface area contributed by atoms with Gasteiger partial charge in [-0.25, -0.2) is 15.0 Å². The summed E-state index contributed by atoms with van der Waals surface area (Å²) in [5.74, 6) is 0.786. The van der Waals surface area contributed by atoms with Crippen LogP contribution in [0.4, 0.5) is 5.82 Å². The molecule has 0 unspecified atom stereocenters. The highest BCUT2D eigenvalue weighted by Crippen LogP contribution is 2.30. The van der Waals surface area contributed by atoms with Gasteiger partial charge in [-0.05, 0) is 40.5 Å². The number of hydrogen-bond donors (Lipinski definition) is 1. The Balaban J connectivity index is 1.61. The Morgan fingerprint density at radius 1 is 1.42 bits per heavy atom. The van der Waals surface area contributed by atoms with Crippen LogP contribution in [0, 0.1) is 6.92 Å². The van der Waals surface area contributed by atoms with Crippen LogP contribution in [0.3, 0.4) is 0 Å². The van der Waals surface area contributed by atoms with Crippen LogP contribution in [-0.4, -0.2) is 35.4 Å². The molecule has 1 aromatic carbocycles. The van der Waals surface area contributed by atoms with E-state index in [1.807, 2.05) is 32.2 Å². The molecule has 120 valence electrons. The predicted molar refractivity (Wildman–Crippen MR) is 97.0 cm³/mol. The quantitative estimate of drug-likeness (QED) is 0.447. The van der Waals surface area contributed by atoms with Crippen LogP contribution in [0.2, 0.25) is 0 Å². The van der Waals surface area contributed by atoms with Gasteiger partial charge in [0.2, 0.25) is 0 Å². The van der Waals surface area contributed by atoms with E-state index in [-0.39, 0.29) is 0 Å². The first kappa shape index (κ1) is 15.3. The van der Waals surface area contributed by atoms with Crippen molar-refractivity contribution in [2.24, 2.45) is 5.10 Å². The van der Waals surface area contributed by atoms with Crippen molar-refractivity contribution in [2.75, 3.05) is 12.1 Å². The third kappa shape index (κ3) is 2.58. The van der Waals surface area contributed by atoms with Crippen molar-refractivity contribution in [1.82, 2.24) is 9.97 Å². The lowest BCUT2D eigenvalue weighted by Gasteiger charge is -2.12. The van der Waals surface area contributed by atoms with E-state index in [4.69, 9.17) is 4.65 Å². The fourth-order valence-electron chi connectivity index (χ4n) is 2.73. The highest BCUT2D eigenvalue weighted by Gasteiger charge is 2.26. The van der Waals surface area contributed by atoms with Crippen LogP contribution in [0.15, 0.2) is 35.0 Å². The summed E-state index contributed by atoms with van der Waals surface area (Å²) >= 11 is 1.62. The summed E-state index contributed by atoms with van der Waals surface area (Å²) in [5.41, 5.74) is 4.88. The van der Waals surface area contributed by atoms with Crippen molar-refractivity contribution in [3.8, 4) is 0 Å². The summed E-state index contributed by atoms with van der Waals surface area (Å²) in [4.78, 5) is 8.69. The van der Waals surface area contributed by atoms with E-state index in [0.717, 1.165) is 38.2 Å². The van der Waals surface area contributed by atoms with Crippen LogP contribution in [0.5, 0.6) is 0 Å². The highest BCUT2D eigenvalue weighted by molar-refractivity contribution is 7.18. The molecule has 0 saturated heterocycles. The van der Waals surface area contributed by atoms with Crippen LogP contribution in [-0.2, 0) is 11.3 Å². The maximum Gasteiger partial charge on any atom is 0.491 e. The number of nitrogens with zero attached hydrogens (tertiary/aromatic N) is 4. The standard InChI is InChI=1S/C16H15BN4O2S/c1-10-8-24-15-14(10)18-9-19-16(15)21(2)20-6-11-3-4-13-12(5-11)7-23-17(13)22/h3-6,8-9,22H,7H2,1-2H3/b20-6+. The molecule has 1 N–H and O–H groups in total. The van der Waals surface area contributed by atoms with E-state index in [2.05, 4.69) is 20.4 Å². The van der Waals surface area contributed by atoms with Gasteiger partial charge in [-0.2, -0.15) is 5.10 Å². The number of fused-ring (bicyclic) bond motifs is 2. The van der Waals surface area contributed by atoms with E-state index in [9.17, 15) is 5.02 Å². The zero-order valence-electron chi connectivity index (χ0n) is 13.3. The van der Waals surface area contributed by atoms with Gasteiger partial charge < -0.3 is 9.68 Å². The van der Waals surface area contributed by atoms with E-state index < -0.39 is 7.12 Å². The Labute approximate surface area is 143 Å². The molecule has 8 heteroatoms. The van der Waals surface area contributed by atoms with Crippen molar-refractivity contribution >= 4 is 46.2 Å². The third-order valence-corrected chi connectivity index (χ3v) is 5.11. The fraction of sp³-hybridized carbons (Fsp3) is 0.188. The van der Waals surface area contributed by atoms with Crippen molar-refractivity contribution in [1.29, 1.82) is 0 Å². The average molecular weight is 338 g/mol. The molecule has 0 saturated carbocycles. The first-order valence-corrected chi connectivity index (χ1v) is 8.40. The summed E-state index contributed by atoms with van der Waals surface area (Å²) in [6.45, 7) is 2.47. The Morgan fingerprint density at radius 3 is 3.17 bits per heavy atom. The lowest BCUT2D eigenvalue weighted by Crippen LogP contribution is -2.27. The van der Waals surface area contributed by atoms with Gasteiger partial charge in [0.15, 0.2) is 5.82 Å². The molecule has 4 rings (SSSR count). The first-order valence-electron chi connectivity index (χ1n) is 7.52. The fourth-order valence-corrected chi connectivity index (χ4v) is 3.75. The summed E-state index contributed by atoms with van der Waals surface area (Å²) in [6, 6.07) is 5.77. The molecule has 3 heterocycles. The van der Waals surface area contributed by atoms with Crippen LogP contribution in [0.1, 0.15) is 16.7 Å². The van der Waals surface area contributed by atoms with Crippen molar-refractivity contribution in [3.05, 3.63) is 46.6 Å². The molecule has 0 aliphatic carbocycles. The zero-order chi connectivity index (χ0) is 16.7. The molecule has 0 atom stereocenters. The minimum absolute atomic E-state index is 0.426. The lowest BCUT2D eigenvalue weighted by atomic mass is 9.79. The lowest BCUT2D eigenvalue weighted by molar-refractivity contribution is 0.275. The predicted octanol–water partition coefficient (Wildman–Crippen LogP) is 1.69. The largest absolute Gasteiger partial charge is 0.491 e. The smallest absolute Gasteiger partial charge is 0.423 e. The Bertz CT molecular complexity index is 943. The Hall–Kier alpha value is -2.29. The molecule has 6 nitrogen and oxygen atoms in total. The number of hydrogen-bond acceptors (Lipinski definition) is 7. The van der Waals surface area contributed by atoms with Gasteiger partial charge in [0.1, 0.15) is 6.33 Å². The first-order chi connectivity index (χ1) is 11.6. The molecule has 2 aromatic heterocycles. The number of aromatic nitrogens is 2. The second-order valence-corrected chi connectivity index (χ2v) is 6.56. The van der Waals surface area contributed by atoms with E-state index in [0.29, 0.717) is 6.61 Å². The Morgan fingerprint density at radius 2 is 2.29 bits per heavy atom. The minimum atomic E-state index is -0.815. The molecule has 0 amide bonds. The molecular formula is C16H15BN4O2S. The summed E-state index contributed by atoms with van der Waals surface area (Å²) in [7, 11) is 1.05. The molecule has 3 aromatic rings. The van der Waals surface area contributed by atoms with Gasteiger partial charge in [-0.3, -0.25) is 0 Å². The number of thiophene rings is 1.